The summed E-state index contributed by atoms with van der Waals surface area (Å²) in [6.45, 7) is 16.3. The lowest BCUT2D eigenvalue weighted by molar-refractivity contribution is -0.192. The Bertz CT molecular complexity index is 3750. The number of nitrogens with zero attached hydrogens (tertiary/aromatic N) is 1. The molecule has 0 radical (unpaired) electrons. The number of primary amides is 1. The summed E-state index contributed by atoms with van der Waals surface area (Å²) in [5.41, 5.74) is 17.7. The largest absolute Gasteiger partial charge is 0.490 e. The zero-order valence-corrected chi connectivity index (χ0v) is 64.9. The number of aliphatic carboxylic acids is 1. The fourth-order valence-electron chi connectivity index (χ4n) is 11.0. The molecule has 1 fully saturated rings. The summed E-state index contributed by atoms with van der Waals surface area (Å²) in [6, 6.07) is 4.75. The summed E-state index contributed by atoms with van der Waals surface area (Å²) in [5, 5.41) is 78.6. The Morgan fingerprint density at radius 3 is 1.65 bits per heavy atom. The van der Waals surface area contributed by atoms with Gasteiger partial charge in [-0.15, -0.1) is 0 Å². The van der Waals surface area contributed by atoms with Gasteiger partial charge in [-0.25, -0.2) is 14.4 Å². The van der Waals surface area contributed by atoms with Gasteiger partial charge in [0.05, 0.1) is 25.4 Å². The summed E-state index contributed by atoms with van der Waals surface area (Å²) in [7, 11) is 0. The second kappa shape index (κ2) is 45.4. The predicted octanol–water partition coefficient (Wildman–Crippen LogP) is -1.37. The van der Waals surface area contributed by atoms with Crippen LogP contribution in [0.15, 0.2) is 89.9 Å². The number of alkyl halides is 3. The van der Waals surface area contributed by atoms with E-state index in [0.29, 0.717) is 5.56 Å². The van der Waals surface area contributed by atoms with Crippen LogP contribution in [0.2, 0.25) is 0 Å². The van der Waals surface area contributed by atoms with E-state index in [0.717, 1.165) is 18.1 Å². The second-order valence-corrected chi connectivity index (χ2v) is 29.1. The number of carboxylic acids is 1. The summed E-state index contributed by atoms with van der Waals surface area (Å²) in [4.78, 5) is 200. The zero-order chi connectivity index (χ0) is 85.5. The Morgan fingerprint density at radius 1 is 0.619 bits per heavy atom. The van der Waals surface area contributed by atoms with Crippen LogP contribution in [0.4, 0.5) is 18.0 Å². The molecule has 1 heterocycles. The molecule has 22 N–H and O–H groups in total. The number of halogens is 3. The Balaban J connectivity index is 0.00000449. The molecule has 1 aliphatic rings. The van der Waals surface area contributed by atoms with Crippen molar-refractivity contribution in [3.8, 4) is 11.1 Å². The Kier molecular flexibility index (Phi) is 38.7. The fourth-order valence-corrected chi connectivity index (χ4v) is 11.0. The third kappa shape index (κ3) is 32.7. The summed E-state index contributed by atoms with van der Waals surface area (Å²) < 4.78 is 43.3. The van der Waals surface area contributed by atoms with Gasteiger partial charge in [-0.05, 0) is 99.3 Å². The maximum Gasteiger partial charge on any atom is 0.490 e. The van der Waals surface area contributed by atoms with Crippen LogP contribution in [0, 0.1) is 23.7 Å². The molecule has 12 amide bonds. The van der Waals surface area contributed by atoms with E-state index in [9.17, 15) is 81.5 Å². The zero-order valence-electron chi connectivity index (χ0n) is 64.9. The number of carbonyl (C=O) groups is 14. The minimum atomic E-state index is -5.08. The predicted molar refractivity (Wildman–Crippen MR) is 401 cm³/mol. The number of nitrogens with two attached hydrogens (primary N) is 3. The van der Waals surface area contributed by atoms with Gasteiger partial charge in [-0.3, -0.25) is 57.7 Å². The van der Waals surface area contributed by atoms with Crippen LogP contribution in [0.25, 0.3) is 11.1 Å². The number of aliphatic hydroxyl groups is 4. The van der Waals surface area contributed by atoms with Crippen LogP contribution in [0.5, 0.6) is 0 Å². The number of hydrogen-bond donors (Lipinski definition) is 19. The highest BCUT2D eigenvalue weighted by Crippen LogP contribution is 2.26. The van der Waals surface area contributed by atoms with Gasteiger partial charge in [0, 0.05) is 13.0 Å². The normalized spacial score (nSPS) is 22.0. The van der Waals surface area contributed by atoms with Crippen LogP contribution in [0.3, 0.4) is 0 Å². The van der Waals surface area contributed by atoms with Crippen molar-refractivity contribution in [2.45, 2.75) is 218 Å². The van der Waals surface area contributed by atoms with Gasteiger partial charge in [0.1, 0.15) is 60.0 Å². The number of ether oxygens (including phenoxy) is 2. The number of guanidine groups is 1. The number of rotatable bonds is 25. The van der Waals surface area contributed by atoms with Crippen molar-refractivity contribution in [1.29, 1.82) is 0 Å². The van der Waals surface area contributed by atoms with E-state index in [2.05, 4.69) is 52.8 Å². The number of aliphatic hydroxyl groups excluding tert-OH is 4. The highest BCUT2D eigenvalue weighted by Gasteiger charge is 2.45. The van der Waals surface area contributed by atoms with Gasteiger partial charge >= 0.3 is 24.2 Å². The molecule has 2 unspecified atom stereocenters. The number of aliphatic imine (C=N–C) groups is 1. The van der Waals surface area contributed by atoms with Crippen LogP contribution >= 0.6 is 0 Å². The quantitative estimate of drug-likeness (QED) is 0.0201. The molecule has 15 atom stereocenters. The standard InChI is InChI=1S/C72H107N15O19.C2HF3O2/c1-13-39(8)51-65(99)85-52(40(9)89)64(98)77-34-50(90)83-54(57(92)59(73)93)67(101)81-49(35-88)69(103)105-58(44-23-18-15-19-24-44)55(68(102)86-53(56(91)38(6)7)66(100)80-46(31-36(2)3)61(95)78-45(60(94)84-51)25-20-30-76-70(74)75)87-63(97)47(32-37(4)5)79-62(96)48(82-71(104)106-72(10,11)12)33-41-26-28-43(29-27-41)42-21-16-14-17-22-42;3-2(4,5)1(6)7/h14-19,21-24,26-29,36-40,45-49,51-58,88-89,91-92H,13,20,25,30-35H2,1-12H3,(H2,73,93)(H,77,98)(H,78,95)(H,79,96)(H,80,100)(H,81,101)(H,82,104)(H,83,90)(H,84,94)(H,85,99)(H,86,102)(H,87,97)(H4,74,75,76);(H,6,7)/t39-,40-,45+,46-,47-,48+,49-,51?,52?,53-,54-,55-,56+,57-,58+;/m0./s1. The fraction of sp³-hybridized carbons (Fsp3) is 0.554. The number of carbonyl (C=O) groups excluding carboxylic acids is 13. The number of nitrogens with one attached hydrogen (secondary N) is 11. The first kappa shape index (κ1) is 96.1. The van der Waals surface area contributed by atoms with E-state index in [1.807, 2.05) is 53.1 Å². The lowest BCUT2D eigenvalue weighted by Gasteiger charge is -2.34. The molecule has 1 aliphatic heterocycles. The number of cyclic esters (lactones) is 1. The van der Waals surface area contributed by atoms with Gasteiger partial charge in [-0.2, -0.15) is 13.2 Å². The third-order valence-corrected chi connectivity index (χ3v) is 17.1. The summed E-state index contributed by atoms with van der Waals surface area (Å²) >= 11 is 0. The minimum Gasteiger partial charge on any atom is -0.475 e. The van der Waals surface area contributed by atoms with Crippen molar-refractivity contribution >= 4 is 89.0 Å². The molecule has 0 saturated carbocycles. The number of carboxylic acid groups (broad SMARTS) is 1. The molecule has 36 nitrogen and oxygen atoms in total. The number of hydrogen-bond acceptors (Lipinski definition) is 21. The summed E-state index contributed by atoms with van der Waals surface area (Å²) in [5.74, 6) is -20.7. The molecule has 0 aliphatic carbocycles. The molecule has 0 aromatic heterocycles. The van der Waals surface area contributed by atoms with Crippen molar-refractivity contribution < 1.29 is 115 Å². The smallest absolute Gasteiger partial charge is 0.475 e. The van der Waals surface area contributed by atoms with E-state index in [1.54, 1.807) is 74.4 Å². The van der Waals surface area contributed by atoms with E-state index in [-0.39, 0.29) is 56.6 Å². The van der Waals surface area contributed by atoms with Gasteiger partial charge in [-0.1, -0.05) is 147 Å². The average molecular weight is 1600 g/mol. The van der Waals surface area contributed by atoms with Crippen LogP contribution in [-0.4, -0.2) is 225 Å². The lowest BCUT2D eigenvalue weighted by Crippen LogP contribution is -2.64. The molecule has 626 valence electrons. The van der Waals surface area contributed by atoms with Gasteiger partial charge in [0.15, 0.2) is 24.2 Å². The molecule has 0 spiro atoms. The highest BCUT2D eigenvalue weighted by molar-refractivity contribution is 6.00. The molecule has 1 saturated heterocycles. The first-order valence-electron chi connectivity index (χ1n) is 36.4. The molecular formula is C74H108F3N15O21. The Labute approximate surface area is 651 Å². The van der Waals surface area contributed by atoms with Crippen molar-refractivity contribution in [2.75, 3.05) is 19.7 Å². The Hall–Kier alpha value is -11.1. The van der Waals surface area contributed by atoms with Crippen LogP contribution < -0.4 is 75.7 Å². The topological polar surface area (TPSA) is 581 Å². The van der Waals surface area contributed by atoms with E-state index >= 15 is 14.4 Å². The maximum absolute atomic E-state index is 15.7. The van der Waals surface area contributed by atoms with Crippen molar-refractivity contribution in [2.24, 2.45) is 45.9 Å². The molecular weight excluding hydrogens is 1490 g/mol. The van der Waals surface area contributed by atoms with Crippen LogP contribution in [-0.2, 0) is 78.2 Å². The molecule has 113 heavy (non-hydrogen) atoms. The number of benzene rings is 3. The molecule has 0 bridgehead atoms. The van der Waals surface area contributed by atoms with Crippen molar-refractivity contribution in [3.05, 3.63) is 96.1 Å². The average Bonchev–Trinajstić information content (AvgIpc) is 0.812. The van der Waals surface area contributed by atoms with E-state index in [4.69, 9.17) is 36.6 Å². The number of amides is 12. The molecule has 39 heteroatoms. The van der Waals surface area contributed by atoms with Gasteiger partial charge in [0.2, 0.25) is 65.0 Å². The monoisotopic (exact) mass is 1600 g/mol. The van der Waals surface area contributed by atoms with E-state index in [1.165, 1.54) is 44.2 Å². The third-order valence-electron chi connectivity index (χ3n) is 17.1. The van der Waals surface area contributed by atoms with Crippen LogP contribution in [0.1, 0.15) is 132 Å². The molecule has 3 aromatic carbocycles. The van der Waals surface area contributed by atoms with Crippen molar-refractivity contribution in [3.63, 3.8) is 0 Å². The molecule has 3 aromatic rings. The molecule has 4 rings (SSSR count). The SMILES string of the molecule is CC[C@H](C)C1NC(=O)[C@@H](CCCN=C(N)N)NC(=O)[C@H](CC(C)C)NC(=O)[C@H]([C@H](O)C(C)C)NC(=O)[C@@H](NC(=O)[C@H](CC(C)C)NC(=O)[C@@H](Cc2ccc(-c3ccccc3)cc2)NC(=O)OC(C)(C)C)[C@@H](c2ccccc2)OC(=O)[C@H](CO)NC(=O)[C@H]([C@H](O)C(N)=O)NC(=O)CNC(=O)C([C@H](C)O)NC1=O.O=C(O)C(F)(F)F. The minimum absolute atomic E-state index is 0.0238. The summed E-state index contributed by atoms with van der Waals surface area (Å²) in [6.07, 6.45) is -14.9. The second-order valence-electron chi connectivity index (χ2n) is 29.1. The van der Waals surface area contributed by atoms with E-state index < -0.39 is 216 Å². The number of alkyl carbamates (subject to hydrolysis) is 1. The first-order valence-corrected chi connectivity index (χ1v) is 36.4. The number of esters is 1. The lowest BCUT2D eigenvalue weighted by atomic mass is 9.95. The van der Waals surface area contributed by atoms with Gasteiger partial charge in [0.25, 0.3) is 0 Å². The maximum atomic E-state index is 15.7. The van der Waals surface area contributed by atoms with Crippen molar-refractivity contribution in [1.82, 2.24) is 58.5 Å². The first-order chi connectivity index (χ1) is 52.7. The van der Waals surface area contributed by atoms with Gasteiger partial charge < -0.3 is 111 Å². The Morgan fingerprint density at radius 2 is 1.14 bits per heavy atom. The highest BCUT2D eigenvalue weighted by atomic mass is 19.4.